The smallest absolute Gasteiger partial charge is 0.269 e. The molecule has 7 nitrogen and oxygen atoms in total. The first-order valence-corrected chi connectivity index (χ1v) is 6.16. The lowest BCUT2D eigenvalue weighted by molar-refractivity contribution is -0.384. The quantitative estimate of drug-likeness (QED) is 0.443. The Morgan fingerprint density at radius 2 is 2.05 bits per heavy atom. The molecule has 0 aliphatic rings. The van der Waals surface area contributed by atoms with Gasteiger partial charge in [-0.1, -0.05) is 0 Å². The highest BCUT2D eigenvalue weighted by Crippen LogP contribution is 2.17. The minimum absolute atomic E-state index is 0.00361. The van der Waals surface area contributed by atoms with E-state index in [1.807, 2.05) is 0 Å². The van der Waals surface area contributed by atoms with E-state index in [1.165, 1.54) is 19.1 Å². The summed E-state index contributed by atoms with van der Waals surface area (Å²) in [5, 5.41) is 25.3. The lowest BCUT2D eigenvalue weighted by atomic mass is 10.1. The zero-order valence-electron chi connectivity index (χ0n) is 11.1. The maximum Gasteiger partial charge on any atom is 0.269 e. The van der Waals surface area contributed by atoms with E-state index >= 15 is 0 Å². The highest BCUT2D eigenvalue weighted by atomic mass is 16.6. The molecule has 0 aliphatic carbocycles. The van der Waals surface area contributed by atoms with Crippen LogP contribution < -0.4 is 10.6 Å². The molecule has 0 spiro atoms. The Hall–Kier alpha value is -2.46. The first-order valence-electron chi connectivity index (χ1n) is 6.16. The third kappa shape index (κ3) is 5.04. The van der Waals surface area contributed by atoms with E-state index in [0.29, 0.717) is 25.1 Å². The predicted molar refractivity (Wildman–Crippen MR) is 72.8 cm³/mol. The van der Waals surface area contributed by atoms with Crippen molar-refractivity contribution in [1.82, 2.24) is 10.6 Å². The number of nitriles is 1. The third-order valence-electron chi connectivity index (χ3n) is 2.64. The van der Waals surface area contributed by atoms with Gasteiger partial charge in [0, 0.05) is 25.6 Å². The Morgan fingerprint density at radius 3 is 2.55 bits per heavy atom. The van der Waals surface area contributed by atoms with Crippen molar-refractivity contribution >= 4 is 11.6 Å². The molecule has 2 N–H and O–H groups in total. The molecule has 0 radical (unpaired) electrons. The summed E-state index contributed by atoms with van der Waals surface area (Å²) in [5.41, 5.74) is 0.675. The zero-order chi connectivity index (χ0) is 15.0. The van der Waals surface area contributed by atoms with Crippen LogP contribution in [0.3, 0.4) is 0 Å². The predicted octanol–water partition coefficient (Wildman–Crippen LogP) is 1.28. The van der Waals surface area contributed by atoms with Gasteiger partial charge in [-0.3, -0.25) is 20.2 Å². The first-order chi connectivity index (χ1) is 9.54. The lowest BCUT2D eigenvalue weighted by Crippen LogP contribution is -2.27. The van der Waals surface area contributed by atoms with E-state index in [-0.39, 0.29) is 11.6 Å². The molecule has 7 heteroatoms. The number of non-ortho nitro benzene ring substituents is 1. The number of nitro groups is 1. The first kappa shape index (κ1) is 15.6. The van der Waals surface area contributed by atoms with E-state index in [4.69, 9.17) is 5.26 Å². The summed E-state index contributed by atoms with van der Waals surface area (Å²) in [5.74, 6) is -0.0859. The molecule has 1 aromatic carbocycles. The molecule has 1 amide bonds. The highest BCUT2D eigenvalue weighted by molar-refractivity contribution is 5.72. The number of amides is 1. The van der Waals surface area contributed by atoms with Gasteiger partial charge < -0.3 is 5.32 Å². The van der Waals surface area contributed by atoms with Gasteiger partial charge >= 0.3 is 0 Å². The van der Waals surface area contributed by atoms with Gasteiger partial charge in [0.05, 0.1) is 11.0 Å². The molecule has 1 atom stereocenters. The number of nitrogens with zero attached hydrogens (tertiary/aromatic N) is 2. The van der Waals surface area contributed by atoms with Crippen LogP contribution in [0.4, 0.5) is 5.69 Å². The zero-order valence-corrected chi connectivity index (χ0v) is 11.1. The van der Waals surface area contributed by atoms with Crippen LogP contribution in [0.5, 0.6) is 0 Å². The van der Waals surface area contributed by atoms with E-state index in [1.54, 1.807) is 12.1 Å². The maximum atomic E-state index is 10.7. The van der Waals surface area contributed by atoms with Gasteiger partial charge in [-0.15, -0.1) is 0 Å². The van der Waals surface area contributed by atoms with Gasteiger partial charge in [-0.2, -0.15) is 5.26 Å². The van der Waals surface area contributed by atoms with Gasteiger partial charge in [-0.25, -0.2) is 0 Å². The fourth-order valence-electron chi connectivity index (χ4n) is 1.63. The number of rotatable bonds is 7. The summed E-state index contributed by atoms with van der Waals surface area (Å²) in [6.45, 7) is 2.55. The minimum Gasteiger partial charge on any atom is -0.356 e. The largest absolute Gasteiger partial charge is 0.356 e. The Balaban J connectivity index is 2.48. The molecular formula is C13H16N4O3. The van der Waals surface area contributed by atoms with Crippen molar-refractivity contribution in [1.29, 1.82) is 5.26 Å². The number of nitrogens with one attached hydrogen (secondary N) is 2. The summed E-state index contributed by atoms with van der Waals surface area (Å²) < 4.78 is 0. The number of nitro benzene ring substituents is 1. The van der Waals surface area contributed by atoms with Crippen molar-refractivity contribution in [3.05, 3.63) is 39.9 Å². The molecule has 0 heterocycles. The maximum absolute atomic E-state index is 10.7. The van der Waals surface area contributed by atoms with E-state index in [0.717, 1.165) is 0 Å². The molecule has 0 saturated heterocycles. The fourth-order valence-corrected chi connectivity index (χ4v) is 1.63. The fraction of sp³-hybridized carbons (Fsp3) is 0.385. The summed E-state index contributed by atoms with van der Waals surface area (Å²) in [6, 6.07) is 7.45. The number of carbonyl (C=O) groups is 1. The standard InChI is InChI=1S/C13H16N4O3/c1-10(18)15-7-2-8-16-13(9-14)11-3-5-12(6-4-11)17(19)20/h3-6,13,16H,2,7-8H2,1H3,(H,15,18). The van der Waals surface area contributed by atoms with Crippen molar-refractivity contribution in [3.8, 4) is 6.07 Å². The van der Waals surface area contributed by atoms with E-state index < -0.39 is 11.0 Å². The van der Waals surface area contributed by atoms with E-state index in [9.17, 15) is 14.9 Å². The van der Waals surface area contributed by atoms with Crippen LogP contribution in [-0.2, 0) is 4.79 Å². The van der Waals surface area contributed by atoms with Crippen LogP contribution in [0.2, 0.25) is 0 Å². The van der Waals surface area contributed by atoms with Gasteiger partial charge in [0.15, 0.2) is 0 Å². The van der Waals surface area contributed by atoms with Crippen LogP contribution in [0.25, 0.3) is 0 Å². The second-order valence-corrected chi connectivity index (χ2v) is 4.20. The van der Waals surface area contributed by atoms with Crippen LogP contribution in [-0.4, -0.2) is 23.9 Å². The van der Waals surface area contributed by atoms with Gasteiger partial charge in [0.25, 0.3) is 5.69 Å². The van der Waals surface area contributed by atoms with Crippen LogP contribution in [0.1, 0.15) is 24.9 Å². The molecule has 1 unspecified atom stereocenters. The molecule has 1 rings (SSSR count). The second kappa shape index (κ2) is 7.86. The Labute approximate surface area is 116 Å². The summed E-state index contributed by atoms with van der Waals surface area (Å²) in [4.78, 5) is 20.7. The van der Waals surface area contributed by atoms with E-state index in [2.05, 4.69) is 16.7 Å². The Bertz CT molecular complexity index is 507. The molecule has 0 aromatic heterocycles. The molecule has 106 valence electrons. The summed E-state index contributed by atoms with van der Waals surface area (Å²) in [6.07, 6.45) is 0.699. The monoisotopic (exact) mass is 276 g/mol. The van der Waals surface area contributed by atoms with Crippen LogP contribution in [0.15, 0.2) is 24.3 Å². The highest BCUT2D eigenvalue weighted by Gasteiger charge is 2.11. The van der Waals surface area contributed by atoms with Gasteiger partial charge in [0.2, 0.25) is 5.91 Å². The van der Waals surface area contributed by atoms with Crippen LogP contribution >= 0.6 is 0 Å². The van der Waals surface area contributed by atoms with Crippen LogP contribution in [0, 0.1) is 21.4 Å². The Kier molecular flexibility index (Phi) is 6.13. The molecule has 0 bridgehead atoms. The number of hydrogen-bond donors (Lipinski definition) is 2. The second-order valence-electron chi connectivity index (χ2n) is 4.20. The minimum atomic E-state index is -0.520. The molecule has 20 heavy (non-hydrogen) atoms. The van der Waals surface area contributed by atoms with Crippen molar-refractivity contribution in [2.75, 3.05) is 13.1 Å². The van der Waals surface area contributed by atoms with Crippen molar-refractivity contribution in [2.24, 2.45) is 0 Å². The number of benzene rings is 1. The van der Waals surface area contributed by atoms with Gasteiger partial charge in [-0.05, 0) is 30.7 Å². The SMILES string of the molecule is CC(=O)NCCCNC(C#N)c1ccc([N+](=O)[O-])cc1. The van der Waals surface area contributed by atoms with Gasteiger partial charge in [0.1, 0.15) is 6.04 Å². The lowest BCUT2D eigenvalue weighted by Gasteiger charge is -2.11. The normalized spacial score (nSPS) is 11.4. The number of hydrogen-bond acceptors (Lipinski definition) is 5. The molecule has 0 saturated carbocycles. The molecule has 0 fully saturated rings. The molecular weight excluding hydrogens is 260 g/mol. The van der Waals surface area contributed by atoms with Crippen molar-refractivity contribution in [3.63, 3.8) is 0 Å². The topological polar surface area (TPSA) is 108 Å². The molecule has 1 aromatic rings. The average molecular weight is 276 g/mol. The number of carbonyl (C=O) groups excluding carboxylic acids is 1. The van der Waals surface area contributed by atoms with Crippen molar-refractivity contribution < 1.29 is 9.72 Å². The third-order valence-corrected chi connectivity index (χ3v) is 2.64. The average Bonchev–Trinajstić information content (AvgIpc) is 2.42. The van der Waals surface area contributed by atoms with Crippen molar-refractivity contribution in [2.45, 2.75) is 19.4 Å². The Morgan fingerprint density at radius 1 is 1.40 bits per heavy atom. The summed E-state index contributed by atoms with van der Waals surface area (Å²) in [7, 11) is 0. The molecule has 0 aliphatic heterocycles. The summed E-state index contributed by atoms with van der Waals surface area (Å²) >= 11 is 0.